The van der Waals surface area contributed by atoms with Crippen LogP contribution in [0.15, 0.2) is 34.8 Å². The molecule has 160 valence electrons. The molecule has 7 nitrogen and oxygen atoms in total. The van der Waals surface area contributed by atoms with Crippen LogP contribution in [0.2, 0.25) is 0 Å². The number of aryl methyl sites for hydroxylation is 1. The van der Waals surface area contributed by atoms with Gasteiger partial charge in [-0.3, -0.25) is 4.79 Å². The average Bonchev–Trinajstić information content (AvgIpc) is 2.74. The molecule has 0 spiro atoms. The summed E-state index contributed by atoms with van der Waals surface area (Å²) in [6.07, 6.45) is 0. The molecule has 1 aliphatic heterocycles. The van der Waals surface area contributed by atoms with Gasteiger partial charge in [-0.15, -0.1) is 0 Å². The molecule has 1 heterocycles. The number of benzene rings is 2. The largest absolute Gasteiger partial charge is 0.496 e. The van der Waals surface area contributed by atoms with E-state index in [0.717, 1.165) is 15.7 Å². The highest BCUT2D eigenvalue weighted by molar-refractivity contribution is 9.10. The number of hydrogen-bond donors (Lipinski definition) is 1. The molecule has 1 N–H and O–H groups in total. The first-order chi connectivity index (χ1) is 14.4. The standard InChI is InChI=1S/C22H25BrN2O5/c1-4-30-22(27)17-13-16(5-6-19(17)25-7-9-29-10-8-25)24-21(26)18-12-15(23)11-14(2)20(18)28-3/h5-6,11-13H,4,7-10H2,1-3H3,(H,24,26). The van der Waals surface area contributed by atoms with Gasteiger partial charge in [-0.2, -0.15) is 0 Å². The van der Waals surface area contributed by atoms with Gasteiger partial charge in [0.25, 0.3) is 5.91 Å². The lowest BCUT2D eigenvalue weighted by molar-refractivity contribution is 0.0526. The summed E-state index contributed by atoms with van der Waals surface area (Å²) >= 11 is 3.42. The summed E-state index contributed by atoms with van der Waals surface area (Å²) in [7, 11) is 1.53. The third kappa shape index (κ3) is 4.94. The molecule has 8 heteroatoms. The number of amides is 1. The average molecular weight is 477 g/mol. The molecule has 1 fully saturated rings. The number of halogens is 1. The molecule has 0 aliphatic carbocycles. The number of ether oxygens (including phenoxy) is 3. The Labute approximate surface area is 184 Å². The molecule has 0 radical (unpaired) electrons. The molecule has 1 saturated heterocycles. The van der Waals surface area contributed by atoms with Crippen LogP contribution in [0, 0.1) is 6.92 Å². The SMILES string of the molecule is CCOC(=O)c1cc(NC(=O)c2cc(Br)cc(C)c2OC)ccc1N1CCOCC1. The van der Waals surface area contributed by atoms with Crippen molar-refractivity contribution < 1.29 is 23.8 Å². The van der Waals surface area contributed by atoms with Crippen LogP contribution in [-0.4, -0.2) is 51.9 Å². The normalized spacial score (nSPS) is 13.7. The van der Waals surface area contributed by atoms with E-state index >= 15 is 0 Å². The van der Waals surface area contributed by atoms with Crippen molar-refractivity contribution in [2.45, 2.75) is 13.8 Å². The lowest BCUT2D eigenvalue weighted by Gasteiger charge is -2.30. The second kappa shape index (κ2) is 9.95. The first-order valence-corrected chi connectivity index (χ1v) is 10.5. The Morgan fingerprint density at radius 3 is 2.57 bits per heavy atom. The lowest BCUT2D eigenvalue weighted by Crippen LogP contribution is -2.37. The van der Waals surface area contributed by atoms with Crippen LogP contribution in [0.5, 0.6) is 5.75 Å². The maximum Gasteiger partial charge on any atom is 0.340 e. The summed E-state index contributed by atoms with van der Waals surface area (Å²) in [4.78, 5) is 27.6. The van der Waals surface area contributed by atoms with Gasteiger partial charge >= 0.3 is 5.97 Å². The highest BCUT2D eigenvalue weighted by atomic mass is 79.9. The zero-order valence-corrected chi connectivity index (χ0v) is 18.9. The fraction of sp³-hybridized carbons (Fsp3) is 0.364. The molecule has 3 rings (SSSR count). The topological polar surface area (TPSA) is 77.1 Å². The number of nitrogens with one attached hydrogen (secondary N) is 1. The van der Waals surface area contributed by atoms with Gasteiger partial charge in [-0.05, 0) is 49.7 Å². The van der Waals surface area contributed by atoms with E-state index in [4.69, 9.17) is 14.2 Å². The summed E-state index contributed by atoms with van der Waals surface area (Å²) in [5, 5.41) is 2.86. The van der Waals surface area contributed by atoms with Crippen LogP contribution in [0.4, 0.5) is 11.4 Å². The van der Waals surface area contributed by atoms with Crippen LogP contribution in [-0.2, 0) is 9.47 Å². The fourth-order valence-electron chi connectivity index (χ4n) is 3.43. The van der Waals surface area contributed by atoms with E-state index in [0.29, 0.717) is 48.9 Å². The van der Waals surface area contributed by atoms with Crippen LogP contribution in [0.1, 0.15) is 33.2 Å². The molecule has 0 saturated carbocycles. The van der Waals surface area contributed by atoms with Gasteiger partial charge in [0.1, 0.15) is 5.75 Å². The Balaban J connectivity index is 1.92. The highest BCUT2D eigenvalue weighted by Gasteiger charge is 2.22. The molecule has 0 unspecified atom stereocenters. The Kier molecular flexibility index (Phi) is 7.33. The van der Waals surface area contributed by atoms with Crippen molar-refractivity contribution in [2.24, 2.45) is 0 Å². The molecular formula is C22H25BrN2O5. The van der Waals surface area contributed by atoms with Crippen LogP contribution < -0.4 is 15.0 Å². The minimum Gasteiger partial charge on any atom is -0.496 e. The number of methoxy groups -OCH3 is 1. The number of carbonyl (C=O) groups excluding carboxylic acids is 2. The Morgan fingerprint density at radius 1 is 1.17 bits per heavy atom. The number of rotatable bonds is 6. The molecule has 30 heavy (non-hydrogen) atoms. The molecule has 0 bridgehead atoms. The van der Waals surface area contributed by atoms with Crippen molar-refractivity contribution in [2.75, 3.05) is 50.2 Å². The van der Waals surface area contributed by atoms with Gasteiger partial charge in [-0.1, -0.05) is 15.9 Å². The summed E-state index contributed by atoms with van der Waals surface area (Å²) in [5.41, 5.74) is 2.92. The fourth-order valence-corrected chi connectivity index (χ4v) is 4.01. The van der Waals surface area contributed by atoms with Crippen molar-refractivity contribution in [3.63, 3.8) is 0 Å². The van der Waals surface area contributed by atoms with E-state index in [1.807, 2.05) is 19.1 Å². The summed E-state index contributed by atoms with van der Waals surface area (Å²) in [6, 6.07) is 8.85. The van der Waals surface area contributed by atoms with Crippen molar-refractivity contribution in [3.05, 3.63) is 51.5 Å². The summed E-state index contributed by atoms with van der Waals surface area (Å²) < 4.78 is 16.8. The number of morpholine rings is 1. The van der Waals surface area contributed by atoms with Crippen molar-refractivity contribution in [1.29, 1.82) is 0 Å². The Morgan fingerprint density at radius 2 is 1.90 bits per heavy atom. The molecule has 1 aliphatic rings. The van der Waals surface area contributed by atoms with Gasteiger partial charge < -0.3 is 24.4 Å². The second-order valence-corrected chi connectivity index (χ2v) is 7.73. The summed E-state index contributed by atoms with van der Waals surface area (Å²) in [5.74, 6) is -0.248. The molecule has 0 aromatic heterocycles. The molecule has 2 aromatic carbocycles. The van der Waals surface area contributed by atoms with Gasteiger partial charge in [0, 0.05) is 23.2 Å². The third-order valence-electron chi connectivity index (χ3n) is 4.79. The monoisotopic (exact) mass is 476 g/mol. The number of hydrogen-bond acceptors (Lipinski definition) is 6. The predicted molar refractivity (Wildman–Crippen MR) is 119 cm³/mol. The molecule has 0 atom stereocenters. The lowest BCUT2D eigenvalue weighted by atomic mass is 10.1. The molecule has 2 aromatic rings. The minimum atomic E-state index is -0.425. The quantitative estimate of drug-likeness (QED) is 0.634. The van der Waals surface area contributed by atoms with Crippen molar-refractivity contribution >= 4 is 39.2 Å². The van der Waals surface area contributed by atoms with Gasteiger partial charge in [0.2, 0.25) is 0 Å². The van der Waals surface area contributed by atoms with Crippen molar-refractivity contribution in [3.8, 4) is 5.75 Å². The number of esters is 1. The molecular weight excluding hydrogens is 452 g/mol. The minimum absolute atomic E-state index is 0.270. The predicted octanol–water partition coefficient (Wildman–Crippen LogP) is 4.03. The van der Waals surface area contributed by atoms with E-state index in [-0.39, 0.29) is 12.5 Å². The summed E-state index contributed by atoms with van der Waals surface area (Å²) in [6.45, 7) is 6.48. The maximum atomic E-state index is 12.9. The first-order valence-electron chi connectivity index (χ1n) is 9.74. The molecule has 1 amide bonds. The van der Waals surface area contributed by atoms with Gasteiger partial charge in [-0.25, -0.2) is 4.79 Å². The van der Waals surface area contributed by atoms with Gasteiger partial charge in [0.15, 0.2) is 0 Å². The number of carbonyl (C=O) groups is 2. The third-order valence-corrected chi connectivity index (χ3v) is 5.25. The van der Waals surface area contributed by atoms with E-state index < -0.39 is 5.97 Å². The second-order valence-electron chi connectivity index (χ2n) is 6.81. The van der Waals surface area contributed by atoms with Crippen molar-refractivity contribution in [1.82, 2.24) is 0 Å². The van der Waals surface area contributed by atoms with Gasteiger partial charge in [0.05, 0.1) is 43.7 Å². The van der Waals surface area contributed by atoms with Crippen LogP contribution in [0.25, 0.3) is 0 Å². The Hall–Kier alpha value is -2.58. The smallest absolute Gasteiger partial charge is 0.340 e. The van der Waals surface area contributed by atoms with Crippen LogP contribution >= 0.6 is 15.9 Å². The maximum absolute atomic E-state index is 12.9. The first kappa shape index (κ1) is 22.1. The highest BCUT2D eigenvalue weighted by Crippen LogP contribution is 2.30. The Bertz CT molecular complexity index is 941. The zero-order valence-electron chi connectivity index (χ0n) is 17.3. The number of nitrogens with zero attached hydrogens (tertiary/aromatic N) is 1. The van der Waals surface area contributed by atoms with E-state index in [9.17, 15) is 9.59 Å². The van der Waals surface area contributed by atoms with E-state index in [1.54, 1.807) is 25.1 Å². The number of anilines is 2. The van der Waals surface area contributed by atoms with E-state index in [2.05, 4.69) is 26.1 Å². The van der Waals surface area contributed by atoms with E-state index in [1.165, 1.54) is 7.11 Å². The van der Waals surface area contributed by atoms with Crippen LogP contribution in [0.3, 0.4) is 0 Å². The zero-order chi connectivity index (χ0) is 21.7.